The van der Waals surface area contributed by atoms with Crippen LogP contribution in [0.5, 0.6) is 0 Å². The van der Waals surface area contributed by atoms with Gasteiger partial charge in [0.05, 0.1) is 11.6 Å². The maximum atomic E-state index is 12.5. The van der Waals surface area contributed by atoms with Gasteiger partial charge in [-0.15, -0.1) is 0 Å². The van der Waals surface area contributed by atoms with Gasteiger partial charge in [-0.2, -0.15) is 0 Å². The molecule has 4 rings (SSSR count). The first-order valence-electron chi connectivity index (χ1n) is 12.2. The highest BCUT2D eigenvalue weighted by Gasteiger charge is 2.33. The molecule has 6 heteroatoms. The lowest BCUT2D eigenvalue weighted by Gasteiger charge is -2.37. The monoisotopic (exact) mass is 476 g/mol. The van der Waals surface area contributed by atoms with Crippen molar-refractivity contribution in [2.75, 3.05) is 6.54 Å². The Kier molecular flexibility index (Phi) is 8.88. The van der Waals surface area contributed by atoms with Crippen LogP contribution in [0.3, 0.4) is 0 Å². The van der Waals surface area contributed by atoms with Gasteiger partial charge in [-0.3, -0.25) is 4.79 Å². The molecule has 1 fully saturated rings. The van der Waals surface area contributed by atoms with Crippen LogP contribution in [0.2, 0.25) is 0 Å². The minimum absolute atomic E-state index is 0.00649. The van der Waals surface area contributed by atoms with Crippen molar-refractivity contribution >= 4 is 6.09 Å². The second kappa shape index (κ2) is 11.8. The van der Waals surface area contributed by atoms with Gasteiger partial charge in [0.2, 0.25) is 0 Å². The zero-order valence-corrected chi connectivity index (χ0v) is 21.1. The van der Waals surface area contributed by atoms with Gasteiger partial charge in [-0.1, -0.05) is 60.7 Å². The van der Waals surface area contributed by atoms with Crippen LogP contribution in [0.4, 0.5) is 4.79 Å². The van der Waals surface area contributed by atoms with Crippen molar-refractivity contribution in [3.63, 3.8) is 0 Å². The first-order chi connectivity index (χ1) is 16.7. The van der Waals surface area contributed by atoms with E-state index in [4.69, 9.17) is 4.74 Å². The summed E-state index contributed by atoms with van der Waals surface area (Å²) < 4.78 is 7.22. The molecule has 186 valence electrons. The summed E-state index contributed by atoms with van der Waals surface area (Å²) in [5.41, 5.74) is 2.17. The molecule has 0 spiro atoms. The third-order valence-electron chi connectivity index (χ3n) is 6.11. The second-order valence-electron chi connectivity index (χ2n) is 9.50. The Morgan fingerprint density at radius 1 is 0.971 bits per heavy atom. The number of hydrogen-bond donors (Lipinski definition) is 1. The fourth-order valence-electron chi connectivity index (χ4n) is 4.16. The van der Waals surface area contributed by atoms with E-state index in [2.05, 4.69) is 0 Å². The third-order valence-corrected chi connectivity index (χ3v) is 6.11. The fourth-order valence-corrected chi connectivity index (χ4v) is 4.16. The Labute approximate surface area is 207 Å². The smallest absolute Gasteiger partial charge is 0.410 e. The Morgan fingerprint density at radius 3 is 2.06 bits per heavy atom. The number of carbonyl (C=O) groups is 1. The number of aromatic nitrogens is 1. The van der Waals surface area contributed by atoms with Crippen LogP contribution >= 0.6 is 0 Å². The summed E-state index contributed by atoms with van der Waals surface area (Å²) in [6.45, 7) is 8.62. The van der Waals surface area contributed by atoms with Crippen molar-refractivity contribution in [3.05, 3.63) is 94.9 Å². The number of rotatable bonds is 6. The van der Waals surface area contributed by atoms with Gasteiger partial charge in [-0.25, -0.2) is 4.79 Å². The van der Waals surface area contributed by atoms with Crippen LogP contribution < -0.4 is 5.56 Å². The van der Waals surface area contributed by atoms with Gasteiger partial charge < -0.3 is 19.3 Å². The second-order valence-corrected chi connectivity index (χ2v) is 9.50. The van der Waals surface area contributed by atoms with Gasteiger partial charge in [0.15, 0.2) is 0 Å². The lowest BCUT2D eigenvalue weighted by atomic mass is 9.97. The zero-order chi connectivity index (χ0) is 25.4. The van der Waals surface area contributed by atoms with E-state index in [0.29, 0.717) is 25.9 Å². The molecule has 6 nitrogen and oxygen atoms in total. The van der Waals surface area contributed by atoms with Crippen molar-refractivity contribution in [1.82, 2.24) is 9.47 Å². The molecular formula is C29H36N2O4. The molecule has 0 aliphatic carbocycles. The van der Waals surface area contributed by atoms with Crippen LogP contribution in [-0.4, -0.2) is 38.9 Å². The molecule has 1 amide bonds. The molecule has 2 heterocycles. The van der Waals surface area contributed by atoms with Crippen LogP contribution in [0.25, 0.3) is 11.1 Å². The third kappa shape index (κ3) is 7.55. The topological polar surface area (TPSA) is 71.8 Å². The molecule has 2 aromatic carbocycles. The van der Waals surface area contributed by atoms with Crippen LogP contribution in [0.15, 0.2) is 83.8 Å². The van der Waals surface area contributed by atoms with Crippen molar-refractivity contribution in [1.29, 1.82) is 0 Å². The number of aliphatic hydroxyl groups is 1. The standard InChI is InChI=1S/C23H30N2O4.C6H6/c1-5-24-15-19(10-11-21(24)26)18-8-6-17(7-9-18)16(2)25-13-12-20(29-22(25)27)14-23(3,4)28;1-2-4-6-5-3-1/h6-11,15-16,20,28H,5,12-14H2,1-4H3;1-6H. The van der Waals surface area contributed by atoms with E-state index in [1.807, 2.05) is 86.8 Å². The molecule has 0 bridgehead atoms. The van der Waals surface area contributed by atoms with E-state index in [9.17, 15) is 14.7 Å². The molecule has 1 saturated heterocycles. The number of nitrogens with zero attached hydrogens (tertiary/aromatic N) is 2. The zero-order valence-electron chi connectivity index (χ0n) is 21.1. The summed E-state index contributed by atoms with van der Waals surface area (Å²) in [5, 5.41) is 9.95. The molecule has 1 N–H and O–H groups in total. The fraction of sp³-hybridized carbons (Fsp3) is 0.379. The summed E-state index contributed by atoms with van der Waals surface area (Å²) in [5.74, 6) is 0. The molecule has 3 aromatic rings. The van der Waals surface area contributed by atoms with E-state index in [-0.39, 0.29) is 23.8 Å². The SMILES string of the molecule is CCn1cc(-c2ccc(C(C)N3CCC(CC(C)(C)O)OC3=O)cc2)ccc1=O.c1ccccc1. The molecule has 1 aliphatic rings. The largest absolute Gasteiger partial charge is 0.446 e. The number of carbonyl (C=O) groups excluding carboxylic acids is 1. The van der Waals surface area contributed by atoms with E-state index in [1.165, 1.54) is 0 Å². The number of benzene rings is 2. The lowest BCUT2D eigenvalue weighted by Crippen LogP contribution is -2.45. The first-order valence-corrected chi connectivity index (χ1v) is 12.2. The predicted molar refractivity (Wildman–Crippen MR) is 139 cm³/mol. The summed E-state index contributed by atoms with van der Waals surface area (Å²) in [7, 11) is 0. The minimum atomic E-state index is -0.852. The average molecular weight is 477 g/mol. The van der Waals surface area contributed by atoms with Gasteiger partial charge in [-0.05, 0) is 50.5 Å². The molecular weight excluding hydrogens is 440 g/mol. The molecule has 1 aliphatic heterocycles. The molecule has 2 atom stereocenters. The summed E-state index contributed by atoms with van der Waals surface area (Å²) >= 11 is 0. The number of cyclic esters (lactones) is 1. The van der Waals surface area contributed by atoms with Crippen LogP contribution in [-0.2, 0) is 11.3 Å². The van der Waals surface area contributed by atoms with E-state index < -0.39 is 5.60 Å². The molecule has 0 radical (unpaired) electrons. The highest BCUT2D eigenvalue weighted by atomic mass is 16.6. The normalized spacial score (nSPS) is 16.7. The van der Waals surface area contributed by atoms with Gasteiger partial charge in [0.1, 0.15) is 6.10 Å². The minimum Gasteiger partial charge on any atom is -0.446 e. The van der Waals surface area contributed by atoms with Crippen LogP contribution in [0, 0.1) is 0 Å². The van der Waals surface area contributed by atoms with Crippen molar-refractivity contribution in [2.24, 2.45) is 0 Å². The quantitative estimate of drug-likeness (QED) is 0.499. The summed E-state index contributed by atoms with van der Waals surface area (Å²) in [6, 6.07) is 23.4. The number of pyridine rings is 1. The Morgan fingerprint density at radius 2 is 1.54 bits per heavy atom. The number of amides is 1. The summed E-state index contributed by atoms with van der Waals surface area (Å²) in [6.07, 6.45) is 2.43. The molecule has 2 unspecified atom stereocenters. The summed E-state index contributed by atoms with van der Waals surface area (Å²) in [4.78, 5) is 26.0. The number of aryl methyl sites for hydroxylation is 1. The van der Waals surface area contributed by atoms with Crippen molar-refractivity contribution < 1.29 is 14.6 Å². The van der Waals surface area contributed by atoms with E-state index >= 15 is 0 Å². The number of hydrogen-bond acceptors (Lipinski definition) is 4. The van der Waals surface area contributed by atoms with Gasteiger partial charge in [0, 0.05) is 38.2 Å². The predicted octanol–water partition coefficient (Wildman–Crippen LogP) is 5.65. The highest BCUT2D eigenvalue weighted by molar-refractivity contribution is 5.69. The van der Waals surface area contributed by atoms with Gasteiger partial charge in [0.25, 0.3) is 5.56 Å². The highest BCUT2D eigenvalue weighted by Crippen LogP contribution is 2.29. The van der Waals surface area contributed by atoms with E-state index in [0.717, 1.165) is 16.7 Å². The lowest BCUT2D eigenvalue weighted by molar-refractivity contribution is -0.0309. The Balaban J connectivity index is 0.000000497. The van der Waals surface area contributed by atoms with Gasteiger partial charge >= 0.3 is 6.09 Å². The Bertz CT molecular complexity index is 1110. The van der Waals surface area contributed by atoms with E-state index in [1.54, 1.807) is 29.4 Å². The molecule has 35 heavy (non-hydrogen) atoms. The van der Waals surface area contributed by atoms with Crippen LogP contribution in [0.1, 0.15) is 52.1 Å². The Hall–Kier alpha value is -3.38. The van der Waals surface area contributed by atoms with Crippen molar-refractivity contribution in [2.45, 2.75) is 64.8 Å². The average Bonchev–Trinajstić information content (AvgIpc) is 2.85. The number of ether oxygens (including phenoxy) is 1. The maximum absolute atomic E-state index is 12.5. The molecule has 1 aromatic heterocycles. The molecule has 0 saturated carbocycles. The maximum Gasteiger partial charge on any atom is 0.410 e. The first kappa shape index (κ1) is 26.2. The van der Waals surface area contributed by atoms with Crippen molar-refractivity contribution in [3.8, 4) is 11.1 Å².